The number of hydrogen-bond acceptors (Lipinski definition) is 4. The summed E-state index contributed by atoms with van der Waals surface area (Å²) in [5.41, 5.74) is 0. The van der Waals surface area contributed by atoms with Crippen LogP contribution in [0.2, 0.25) is 0 Å². The molecule has 0 rings (SSSR count). The summed E-state index contributed by atoms with van der Waals surface area (Å²) in [4.78, 5) is 17.2. The fourth-order valence-electron chi connectivity index (χ4n) is 0.258. The average Bonchev–Trinajstić information content (AvgIpc) is 2.08. The fourth-order valence-corrected chi connectivity index (χ4v) is 0.774. The summed E-state index contributed by atoms with van der Waals surface area (Å²) in [6.07, 6.45) is -1.83. The molecular formula is C7H18KO6P. The van der Waals surface area contributed by atoms with E-state index in [4.69, 9.17) is 19.9 Å². The zero-order valence-corrected chi connectivity index (χ0v) is 13.7. The van der Waals surface area contributed by atoms with Crippen LogP contribution in [0.5, 0.6) is 0 Å². The number of carboxylic acid groups (broad SMARTS) is 2. The van der Waals surface area contributed by atoms with Gasteiger partial charge >= 0.3 is 66.1 Å². The average molecular weight is 268 g/mol. The summed E-state index contributed by atoms with van der Waals surface area (Å²) in [7, 11) is -1.58. The van der Waals surface area contributed by atoms with Gasteiger partial charge in [-0.15, -0.1) is 0 Å². The van der Waals surface area contributed by atoms with Gasteiger partial charge in [0.25, 0.3) is 0 Å². The van der Waals surface area contributed by atoms with E-state index in [9.17, 15) is 0 Å². The number of hydrogen-bond donors (Lipinski definition) is 3. The van der Waals surface area contributed by atoms with E-state index in [0.717, 1.165) is 0 Å². The van der Waals surface area contributed by atoms with Crippen LogP contribution < -0.4 is 51.4 Å². The molecule has 0 unspecified atom stereocenters. The second-order valence-electron chi connectivity index (χ2n) is 1.36. The van der Waals surface area contributed by atoms with Gasteiger partial charge in [0.1, 0.15) is 0 Å². The van der Waals surface area contributed by atoms with Crippen molar-refractivity contribution in [3.05, 3.63) is 6.92 Å². The van der Waals surface area contributed by atoms with Crippen molar-refractivity contribution in [3.63, 3.8) is 0 Å². The standard InChI is InChI=1S/C4H11O3P.C2H5.CH2O3.K/c1-3-6-8(5)7-4-2;1-2;2-1(3)4;/h5H,3-4H2,1-2H3;1H2,2H3;(H2,2,3,4);/q;-1;;+1. The molecule has 3 N–H and O–H groups in total. The van der Waals surface area contributed by atoms with Gasteiger partial charge in [0.15, 0.2) is 0 Å². The molecule has 15 heavy (non-hydrogen) atoms. The molecule has 0 radical (unpaired) electrons. The van der Waals surface area contributed by atoms with E-state index in [2.05, 4.69) is 16.0 Å². The third kappa shape index (κ3) is 51.0. The minimum atomic E-state index is -1.83. The largest absolute Gasteiger partial charge is 1.00 e. The van der Waals surface area contributed by atoms with Crippen LogP contribution in [0, 0.1) is 6.92 Å². The van der Waals surface area contributed by atoms with E-state index >= 15 is 0 Å². The summed E-state index contributed by atoms with van der Waals surface area (Å²) in [5, 5.41) is 13.9. The van der Waals surface area contributed by atoms with Gasteiger partial charge in [-0.3, -0.25) is 0 Å². The Morgan fingerprint density at radius 2 is 1.40 bits per heavy atom. The molecule has 8 heteroatoms. The van der Waals surface area contributed by atoms with Crippen molar-refractivity contribution in [1.29, 1.82) is 0 Å². The van der Waals surface area contributed by atoms with Gasteiger partial charge in [-0.2, -0.15) is 6.92 Å². The van der Waals surface area contributed by atoms with Gasteiger partial charge in [-0.25, -0.2) is 4.79 Å². The second kappa shape index (κ2) is 24.4. The summed E-state index contributed by atoms with van der Waals surface area (Å²) >= 11 is 0. The molecule has 0 amide bonds. The zero-order chi connectivity index (χ0) is 12.0. The van der Waals surface area contributed by atoms with E-state index in [1.165, 1.54) is 0 Å². The van der Waals surface area contributed by atoms with E-state index in [-0.39, 0.29) is 51.4 Å². The summed E-state index contributed by atoms with van der Waals surface area (Å²) in [6.45, 7) is 9.62. The van der Waals surface area contributed by atoms with Crippen LogP contribution in [0.1, 0.15) is 20.8 Å². The minimum absolute atomic E-state index is 0. The number of carbonyl (C=O) groups is 1. The molecule has 0 aliphatic heterocycles. The molecule has 0 fully saturated rings. The SMILES string of the molecule is CCOP(O)OCC.O=C(O)O.[CH2-]C.[K+]. The maximum Gasteiger partial charge on any atom is 1.00 e. The van der Waals surface area contributed by atoms with Gasteiger partial charge in [0, 0.05) is 0 Å². The Labute approximate surface area is 134 Å². The Bertz CT molecular complexity index is 106. The normalized spacial score (nSPS) is 7.60. The van der Waals surface area contributed by atoms with Crippen molar-refractivity contribution in [2.75, 3.05) is 13.2 Å². The van der Waals surface area contributed by atoms with Crippen molar-refractivity contribution in [3.8, 4) is 0 Å². The van der Waals surface area contributed by atoms with E-state index in [1.807, 2.05) is 13.8 Å². The van der Waals surface area contributed by atoms with Crippen molar-refractivity contribution in [2.24, 2.45) is 0 Å². The van der Waals surface area contributed by atoms with Gasteiger partial charge in [0.05, 0.1) is 13.2 Å². The first-order valence-electron chi connectivity index (χ1n) is 3.92. The molecule has 0 spiro atoms. The first-order valence-corrected chi connectivity index (χ1v) is 5.05. The Hall–Kier alpha value is 1.22. The van der Waals surface area contributed by atoms with Gasteiger partial charge in [-0.05, 0) is 13.8 Å². The zero-order valence-electron chi connectivity index (χ0n) is 9.63. The Morgan fingerprint density at radius 3 is 1.53 bits per heavy atom. The Morgan fingerprint density at radius 1 is 1.20 bits per heavy atom. The Balaban J connectivity index is -0.0000000742. The van der Waals surface area contributed by atoms with Crippen LogP contribution in [0.4, 0.5) is 4.79 Å². The van der Waals surface area contributed by atoms with E-state index in [1.54, 1.807) is 6.92 Å². The van der Waals surface area contributed by atoms with Crippen LogP contribution in [-0.2, 0) is 9.05 Å². The molecule has 0 aromatic heterocycles. The van der Waals surface area contributed by atoms with Crippen LogP contribution in [0.15, 0.2) is 0 Å². The molecule has 0 heterocycles. The minimum Gasteiger partial charge on any atom is -0.450 e. The summed E-state index contributed by atoms with van der Waals surface area (Å²) in [6, 6.07) is 0. The van der Waals surface area contributed by atoms with Crippen LogP contribution in [-0.4, -0.2) is 34.5 Å². The molecule has 0 aliphatic carbocycles. The topological polar surface area (TPSA) is 96.2 Å². The molecule has 0 saturated heterocycles. The monoisotopic (exact) mass is 268 g/mol. The summed E-state index contributed by atoms with van der Waals surface area (Å²) < 4.78 is 9.36. The first kappa shape index (κ1) is 25.2. The van der Waals surface area contributed by atoms with Crippen molar-refractivity contribution < 1.29 is 80.3 Å². The van der Waals surface area contributed by atoms with Crippen molar-refractivity contribution in [2.45, 2.75) is 20.8 Å². The van der Waals surface area contributed by atoms with Crippen molar-refractivity contribution in [1.82, 2.24) is 0 Å². The second-order valence-corrected chi connectivity index (χ2v) is 2.35. The quantitative estimate of drug-likeness (QED) is 0.356. The molecule has 0 aromatic carbocycles. The predicted octanol–water partition coefficient (Wildman–Crippen LogP) is -0.655. The first-order chi connectivity index (χ1) is 6.54. The molecule has 0 bridgehead atoms. The molecule has 0 saturated carbocycles. The van der Waals surface area contributed by atoms with E-state index < -0.39 is 14.8 Å². The smallest absolute Gasteiger partial charge is 0.450 e. The van der Waals surface area contributed by atoms with Crippen LogP contribution >= 0.6 is 8.60 Å². The Kier molecular flexibility index (Phi) is 41.0. The maximum absolute atomic E-state index is 8.67. The van der Waals surface area contributed by atoms with Gasteiger partial charge in [-0.1, -0.05) is 0 Å². The molecule has 88 valence electrons. The molecule has 6 nitrogen and oxygen atoms in total. The third-order valence-electron chi connectivity index (χ3n) is 0.479. The van der Waals surface area contributed by atoms with Crippen LogP contribution in [0.25, 0.3) is 0 Å². The molecule has 0 aromatic rings. The molecule has 0 aliphatic rings. The fraction of sp³-hybridized carbons (Fsp3) is 0.714. The van der Waals surface area contributed by atoms with Gasteiger partial charge in [0.2, 0.25) is 0 Å². The third-order valence-corrected chi connectivity index (χ3v) is 1.44. The van der Waals surface area contributed by atoms with E-state index in [0.29, 0.717) is 13.2 Å². The maximum atomic E-state index is 8.67. The molecule has 0 atom stereocenters. The van der Waals surface area contributed by atoms with Crippen molar-refractivity contribution >= 4 is 14.8 Å². The number of rotatable bonds is 4. The predicted molar refractivity (Wildman–Crippen MR) is 54.1 cm³/mol. The van der Waals surface area contributed by atoms with Crippen LogP contribution in [0.3, 0.4) is 0 Å². The van der Waals surface area contributed by atoms with Gasteiger partial charge < -0.3 is 31.1 Å². The summed E-state index contributed by atoms with van der Waals surface area (Å²) in [5.74, 6) is 0. The molecular weight excluding hydrogens is 250 g/mol.